The van der Waals surface area contributed by atoms with Crippen molar-refractivity contribution in [1.29, 1.82) is 0 Å². The number of benzene rings is 11. The van der Waals surface area contributed by atoms with Crippen molar-refractivity contribution in [2.75, 3.05) is 4.90 Å². The minimum absolute atomic E-state index is 1.07. The van der Waals surface area contributed by atoms with Crippen LogP contribution in [-0.2, 0) is 0 Å². The summed E-state index contributed by atoms with van der Waals surface area (Å²) in [6.45, 7) is 0. The number of para-hydroxylation sites is 2. The highest BCUT2D eigenvalue weighted by Crippen LogP contribution is 2.49. The highest BCUT2D eigenvalue weighted by atomic mass is 15.1. The van der Waals surface area contributed by atoms with Crippen LogP contribution in [0.3, 0.4) is 0 Å². The van der Waals surface area contributed by atoms with E-state index in [1.807, 2.05) is 0 Å². The van der Waals surface area contributed by atoms with Crippen molar-refractivity contribution in [3.8, 4) is 61.3 Å². The maximum absolute atomic E-state index is 2.45. The first-order valence-electron chi connectivity index (χ1n) is 22.7. The molecule has 0 saturated heterocycles. The van der Waals surface area contributed by atoms with E-state index in [1.165, 1.54) is 82.6 Å². The SMILES string of the molecule is c1ccc(-c2ccccc2-c2c(-c3ccccc3)cccc2N(c2ccc(-c3ccc(-n4c5ccccc5c5ccccc54)cc3)cc2)c2cccc(-c3cccc4ccccc34)c2)cc1. The van der Waals surface area contributed by atoms with Crippen molar-refractivity contribution in [2.24, 2.45) is 0 Å². The lowest BCUT2D eigenvalue weighted by Gasteiger charge is -2.30. The van der Waals surface area contributed by atoms with Crippen LogP contribution < -0.4 is 4.90 Å². The molecule has 2 heteroatoms. The zero-order chi connectivity index (χ0) is 43.8. The van der Waals surface area contributed by atoms with E-state index < -0.39 is 0 Å². The minimum Gasteiger partial charge on any atom is -0.310 e. The fourth-order valence-electron chi connectivity index (χ4n) is 9.96. The standard InChI is InChI=1S/C64H44N2/c1-3-18-47(19-4-1)55-27-9-10-30-60(55)64-57(49-20-5-2-6-21-49)32-17-35-63(64)65(53-25-15-24-50(44-53)56-31-16-23-48-22-7-8-26-54(48)56)51-40-36-45(37-41-51)46-38-42-52(43-39-46)66-61-33-13-11-28-58(61)59-29-12-14-34-62(59)66/h1-44H. The maximum atomic E-state index is 2.45. The summed E-state index contributed by atoms with van der Waals surface area (Å²) in [5.74, 6) is 0. The fourth-order valence-corrected chi connectivity index (χ4v) is 9.96. The van der Waals surface area contributed by atoms with Gasteiger partial charge < -0.3 is 9.47 Å². The Morgan fingerprint density at radius 2 is 0.758 bits per heavy atom. The molecule has 0 fully saturated rings. The monoisotopic (exact) mass is 840 g/mol. The Morgan fingerprint density at radius 1 is 0.273 bits per heavy atom. The number of aromatic nitrogens is 1. The van der Waals surface area contributed by atoms with E-state index in [0.717, 1.165) is 28.3 Å². The molecule has 1 heterocycles. The average Bonchev–Trinajstić information content (AvgIpc) is 3.74. The van der Waals surface area contributed by atoms with E-state index in [0.29, 0.717) is 0 Å². The molecule has 11 aromatic carbocycles. The van der Waals surface area contributed by atoms with Crippen LogP contribution in [-0.4, -0.2) is 4.57 Å². The zero-order valence-electron chi connectivity index (χ0n) is 36.3. The summed E-state index contributed by atoms with van der Waals surface area (Å²) in [7, 11) is 0. The van der Waals surface area contributed by atoms with Gasteiger partial charge in [-0.25, -0.2) is 0 Å². The van der Waals surface area contributed by atoms with Crippen LogP contribution in [0.2, 0.25) is 0 Å². The zero-order valence-corrected chi connectivity index (χ0v) is 36.3. The molecular weight excluding hydrogens is 797 g/mol. The highest BCUT2D eigenvalue weighted by Gasteiger charge is 2.23. The van der Waals surface area contributed by atoms with Crippen LogP contribution in [0.5, 0.6) is 0 Å². The van der Waals surface area contributed by atoms with E-state index in [1.54, 1.807) is 0 Å². The van der Waals surface area contributed by atoms with Gasteiger partial charge in [0.05, 0.1) is 16.7 Å². The molecule has 0 amide bonds. The molecule has 0 aliphatic heterocycles. The highest BCUT2D eigenvalue weighted by molar-refractivity contribution is 6.09. The fraction of sp³-hybridized carbons (Fsp3) is 0. The normalized spacial score (nSPS) is 11.3. The van der Waals surface area contributed by atoms with Gasteiger partial charge in [0, 0.05) is 33.4 Å². The summed E-state index contributed by atoms with van der Waals surface area (Å²) >= 11 is 0. The van der Waals surface area contributed by atoms with E-state index >= 15 is 0 Å². The molecule has 12 aromatic rings. The Hall–Kier alpha value is -8.72. The lowest BCUT2D eigenvalue weighted by Crippen LogP contribution is -2.12. The quantitative estimate of drug-likeness (QED) is 0.141. The van der Waals surface area contributed by atoms with Crippen molar-refractivity contribution in [1.82, 2.24) is 4.57 Å². The van der Waals surface area contributed by atoms with E-state index in [2.05, 4.69) is 276 Å². The summed E-state index contributed by atoms with van der Waals surface area (Å²) in [4.78, 5) is 2.45. The third-order valence-corrected chi connectivity index (χ3v) is 13.0. The number of nitrogens with zero attached hydrogens (tertiary/aromatic N) is 2. The number of hydrogen-bond acceptors (Lipinski definition) is 1. The van der Waals surface area contributed by atoms with Crippen LogP contribution >= 0.6 is 0 Å². The van der Waals surface area contributed by atoms with Gasteiger partial charge in [-0.1, -0.05) is 212 Å². The van der Waals surface area contributed by atoms with Crippen LogP contribution in [0.25, 0.3) is 93.9 Å². The Kier molecular flexibility index (Phi) is 9.89. The van der Waals surface area contributed by atoms with Gasteiger partial charge in [-0.15, -0.1) is 0 Å². The molecule has 66 heavy (non-hydrogen) atoms. The molecule has 0 spiro atoms. The van der Waals surface area contributed by atoms with Gasteiger partial charge in [-0.05, 0) is 115 Å². The number of rotatable bonds is 9. The number of fused-ring (bicyclic) bond motifs is 4. The number of anilines is 3. The van der Waals surface area contributed by atoms with E-state index in [-0.39, 0.29) is 0 Å². The van der Waals surface area contributed by atoms with Gasteiger partial charge >= 0.3 is 0 Å². The third kappa shape index (κ3) is 6.93. The second-order valence-corrected chi connectivity index (χ2v) is 16.9. The van der Waals surface area contributed by atoms with Gasteiger partial charge in [0.25, 0.3) is 0 Å². The molecule has 0 N–H and O–H groups in total. The van der Waals surface area contributed by atoms with E-state index in [4.69, 9.17) is 0 Å². The maximum Gasteiger partial charge on any atom is 0.0546 e. The van der Waals surface area contributed by atoms with Crippen LogP contribution in [0.15, 0.2) is 267 Å². The second-order valence-electron chi connectivity index (χ2n) is 16.9. The van der Waals surface area contributed by atoms with Crippen molar-refractivity contribution in [2.45, 2.75) is 0 Å². The summed E-state index contributed by atoms with van der Waals surface area (Å²) in [5.41, 5.74) is 18.6. The van der Waals surface area contributed by atoms with Crippen molar-refractivity contribution >= 4 is 49.6 Å². The van der Waals surface area contributed by atoms with Gasteiger partial charge in [-0.2, -0.15) is 0 Å². The molecular formula is C64H44N2. The molecule has 0 atom stereocenters. The Labute approximate surface area is 385 Å². The van der Waals surface area contributed by atoms with Gasteiger partial charge in [-0.3, -0.25) is 0 Å². The van der Waals surface area contributed by atoms with Gasteiger partial charge in [0.2, 0.25) is 0 Å². The molecule has 0 aliphatic rings. The Balaban J connectivity index is 1.03. The first-order chi connectivity index (χ1) is 32.8. The summed E-state index contributed by atoms with van der Waals surface area (Å²) < 4.78 is 2.37. The predicted octanol–water partition coefficient (Wildman–Crippen LogP) is 17.7. The van der Waals surface area contributed by atoms with E-state index in [9.17, 15) is 0 Å². The first kappa shape index (κ1) is 38.9. The molecule has 0 unspecified atom stereocenters. The van der Waals surface area contributed by atoms with Gasteiger partial charge in [0.1, 0.15) is 0 Å². The lowest BCUT2D eigenvalue weighted by molar-refractivity contribution is 1.18. The van der Waals surface area contributed by atoms with Crippen LogP contribution in [0.1, 0.15) is 0 Å². The third-order valence-electron chi connectivity index (χ3n) is 13.0. The molecule has 0 saturated carbocycles. The molecule has 0 radical (unpaired) electrons. The molecule has 12 rings (SSSR count). The average molecular weight is 841 g/mol. The largest absolute Gasteiger partial charge is 0.310 e. The minimum atomic E-state index is 1.07. The first-order valence-corrected chi connectivity index (χ1v) is 22.7. The predicted molar refractivity (Wildman–Crippen MR) is 280 cm³/mol. The lowest BCUT2D eigenvalue weighted by atomic mass is 9.87. The van der Waals surface area contributed by atoms with Crippen LogP contribution in [0.4, 0.5) is 17.1 Å². The summed E-state index contributed by atoms with van der Waals surface area (Å²) in [6, 6.07) is 97.0. The number of hydrogen-bond donors (Lipinski definition) is 0. The molecule has 0 bridgehead atoms. The van der Waals surface area contributed by atoms with Crippen molar-refractivity contribution < 1.29 is 0 Å². The van der Waals surface area contributed by atoms with Crippen LogP contribution in [0, 0.1) is 0 Å². The summed E-state index contributed by atoms with van der Waals surface area (Å²) in [5, 5.41) is 4.99. The Morgan fingerprint density at radius 3 is 1.45 bits per heavy atom. The topological polar surface area (TPSA) is 8.17 Å². The molecule has 2 nitrogen and oxygen atoms in total. The molecule has 1 aromatic heterocycles. The van der Waals surface area contributed by atoms with Crippen molar-refractivity contribution in [3.63, 3.8) is 0 Å². The smallest absolute Gasteiger partial charge is 0.0546 e. The second kappa shape index (κ2) is 16.8. The molecule has 310 valence electrons. The molecule has 0 aliphatic carbocycles. The summed E-state index contributed by atoms with van der Waals surface area (Å²) in [6.07, 6.45) is 0. The Bertz CT molecular complexity index is 3620. The van der Waals surface area contributed by atoms with Gasteiger partial charge in [0.15, 0.2) is 0 Å². The van der Waals surface area contributed by atoms with Crippen molar-refractivity contribution in [3.05, 3.63) is 267 Å².